The number of hydrogen-bond acceptors (Lipinski definition) is 1. The lowest BCUT2D eigenvalue weighted by Gasteiger charge is -2.00. The third-order valence-electron chi connectivity index (χ3n) is 3.40. The number of carbonyl (C=O) groups is 1. The molecule has 22 heavy (non-hydrogen) atoms. The summed E-state index contributed by atoms with van der Waals surface area (Å²) in [5, 5.41) is 8.39. The van der Waals surface area contributed by atoms with Crippen molar-refractivity contribution in [2.24, 2.45) is 0 Å². The van der Waals surface area contributed by atoms with Crippen LogP contribution in [-0.2, 0) is 4.79 Å². The molecule has 0 radical (unpaired) electrons. The number of carboxylic acids is 1. The van der Waals surface area contributed by atoms with Crippen LogP contribution >= 0.6 is 0 Å². The highest BCUT2D eigenvalue weighted by atomic mass is 16.4. The Morgan fingerprint density at radius 2 is 1.23 bits per heavy atom. The second-order valence-corrected chi connectivity index (χ2v) is 5.51. The van der Waals surface area contributed by atoms with E-state index in [1.807, 2.05) is 18.2 Å². The molecule has 124 valence electrons. The summed E-state index contributed by atoms with van der Waals surface area (Å²) in [5.74, 6) is -0.922. The summed E-state index contributed by atoms with van der Waals surface area (Å²) in [6.07, 6.45) is 27.7. The smallest absolute Gasteiger partial charge is 0.328 e. The molecule has 0 saturated carbocycles. The second-order valence-electron chi connectivity index (χ2n) is 5.51. The van der Waals surface area contributed by atoms with E-state index in [0.29, 0.717) is 0 Å². The zero-order valence-electron chi connectivity index (χ0n) is 14.0. The van der Waals surface area contributed by atoms with Crippen molar-refractivity contribution in [3.05, 3.63) is 48.6 Å². The number of unbranched alkanes of at least 4 members (excludes halogenated alkanes) is 9. The summed E-state index contributed by atoms with van der Waals surface area (Å²) in [6, 6.07) is 0. The van der Waals surface area contributed by atoms with Crippen LogP contribution in [0.3, 0.4) is 0 Å². The molecule has 0 fully saturated rings. The lowest BCUT2D eigenvalue weighted by atomic mass is 10.1. The maximum absolute atomic E-state index is 10.2. The van der Waals surface area contributed by atoms with Crippen molar-refractivity contribution in [2.75, 3.05) is 0 Å². The zero-order valence-corrected chi connectivity index (χ0v) is 14.0. The number of rotatable bonds is 14. The summed E-state index contributed by atoms with van der Waals surface area (Å²) in [5.41, 5.74) is 0. The van der Waals surface area contributed by atoms with Gasteiger partial charge in [0.1, 0.15) is 0 Å². The SMILES string of the molecule is CCCCCCCCCCC/C=C/C=C\C=C/C=C\C(=O)O. The highest BCUT2D eigenvalue weighted by molar-refractivity contribution is 5.80. The van der Waals surface area contributed by atoms with E-state index < -0.39 is 5.97 Å². The van der Waals surface area contributed by atoms with Gasteiger partial charge < -0.3 is 5.11 Å². The third kappa shape index (κ3) is 18.4. The Bertz CT molecular complexity index is 362. The maximum atomic E-state index is 10.2. The van der Waals surface area contributed by atoms with Gasteiger partial charge in [-0.2, -0.15) is 0 Å². The molecule has 0 bridgehead atoms. The summed E-state index contributed by atoms with van der Waals surface area (Å²) in [4.78, 5) is 10.2. The first-order valence-electron chi connectivity index (χ1n) is 8.67. The standard InChI is InChI=1S/C20H32O2/c1-2-3-4-5-6-7-8-9-10-11-12-13-14-15-16-17-18-19-20(21)22/h12-19H,2-11H2,1H3,(H,21,22)/b13-12+,15-14-,17-16-,19-18-. The Labute approximate surface area is 136 Å². The largest absolute Gasteiger partial charge is 0.478 e. The quantitative estimate of drug-likeness (QED) is 0.235. The third-order valence-corrected chi connectivity index (χ3v) is 3.40. The Balaban J connectivity index is 3.35. The topological polar surface area (TPSA) is 37.3 Å². The fourth-order valence-electron chi connectivity index (χ4n) is 2.14. The Morgan fingerprint density at radius 1 is 0.727 bits per heavy atom. The van der Waals surface area contributed by atoms with Gasteiger partial charge in [-0.25, -0.2) is 4.79 Å². The van der Waals surface area contributed by atoms with Gasteiger partial charge in [-0.05, 0) is 12.8 Å². The van der Waals surface area contributed by atoms with Crippen LogP contribution in [-0.4, -0.2) is 11.1 Å². The number of carboxylic acid groups (broad SMARTS) is 1. The van der Waals surface area contributed by atoms with Crippen LogP contribution < -0.4 is 0 Å². The van der Waals surface area contributed by atoms with Gasteiger partial charge in [0.2, 0.25) is 0 Å². The maximum Gasteiger partial charge on any atom is 0.328 e. The molecule has 0 aromatic heterocycles. The molecule has 0 saturated heterocycles. The van der Waals surface area contributed by atoms with Crippen LogP contribution in [0.15, 0.2) is 48.6 Å². The summed E-state index contributed by atoms with van der Waals surface area (Å²) >= 11 is 0. The second kappa shape index (κ2) is 17.5. The molecule has 0 aromatic carbocycles. The lowest BCUT2D eigenvalue weighted by molar-refractivity contribution is -0.131. The first-order valence-corrected chi connectivity index (χ1v) is 8.67. The van der Waals surface area contributed by atoms with E-state index in [1.165, 1.54) is 63.9 Å². The molecule has 0 heterocycles. The first kappa shape index (κ1) is 20.4. The van der Waals surface area contributed by atoms with E-state index in [4.69, 9.17) is 5.11 Å². The monoisotopic (exact) mass is 304 g/mol. The van der Waals surface area contributed by atoms with Crippen LogP contribution in [0.1, 0.15) is 71.1 Å². The molecule has 0 aliphatic rings. The first-order chi connectivity index (χ1) is 10.8. The van der Waals surface area contributed by atoms with Gasteiger partial charge >= 0.3 is 5.97 Å². The van der Waals surface area contributed by atoms with Crippen molar-refractivity contribution in [3.63, 3.8) is 0 Å². The predicted molar refractivity (Wildman–Crippen MR) is 96.0 cm³/mol. The van der Waals surface area contributed by atoms with Crippen LogP contribution in [0, 0.1) is 0 Å². The van der Waals surface area contributed by atoms with Gasteiger partial charge in [0.25, 0.3) is 0 Å². The van der Waals surface area contributed by atoms with Gasteiger partial charge in [-0.3, -0.25) is 0 Å². The molecule has 2 nitrogen and oxygen atoms in total. The average molecular weight is 304 g/mol. The van der Waals surface area contributed by atoms with Crippen LogP contribution in [0.5, 0.6) is 0 Å². The van der Waals surface area contributed by atoms with E-state index in [0.717, 1.165) is 12.5 Å². The molecule has 0 aromatic rings. The molecule has 0 aliphatic carbocycles. The lowest BCUT2D eigenvalue weighted by Crippen LogP contribution is -1.84. The number of hydrogen-bond donors (Lipinski definition) is 1. The normalized spacial score (nSPS) is 12.4. The van der Waals surface area contributed by atoms with Crippen molar-refractivity contribution in [2.45, 2.75) is 71.1 Å². The van der Waals surface area contributed by atoms with Crippen LogP contribution in [0.2, 0.25) is 0 Å². The summed E-state index contributed by atoms with van der Waals surface area (Å²) in [7, 11) is 0. The van der Waals surface area contributed by atoms with Gasteiger partial charge in [-0.1, -0.05) is 101 Å². The van der Waals surface area contributed by atoms with Crippen LogP contribution in [0.25, 0.3) is 0 Å². The molecule has 0 spiro atoms. The number of allylic oxidation sites excluding steroid dienone is 7. The van der Waals surface area contributed by atoms with Gasteiger partial charge in [0, 0.05) is 6.08 Å². The predicted octanol–water partition coefficient (Wildman–Crippen LogP) is 6.22. The van der Waals surface area contributed by atoms with Gasteiger partial charge in [-0.15, -0.1) is 0 Å². The molecule has 0 amide bonds. The van der Waals surface area contributed by atoms with E-state index in [1.54, 1.807) is 6.08 Å². The molecule has 0 aliphatic heterocycles. The van der Waals surface area contributed by atoms with Gasteiger partial charge in [0.15, 0.2) is 0 Å². The minimum atomic E-state index is -0.922. The van der Waals surface area contributed by atoms with Crippen molar-refractivity contribution in [1.82, 2.24) is 0 Å². The zero-order chi connectivity index (χ0) is 16.3. The van der Waals surface area contributed by atoms with Gasteiger partial charge in [0.05, 0.1) is 0 Å². The van der Waals surface area contributed by atoms with E-state index >= 15 is 0 Å². The molecule has 0 unspecified atom stereocenters. The minimum Gasteiger partial charge on any atom is -0.478 e. The van der Waals surface area contributed by atoms with Crippen molar-refractivity contribution < 1.29 is 9.90 Å². The van der Waals surface area contributed by atoms with Crippen LogP contribution in [0.4, 0.5) is 0 Å². The van der Waals surface area contributed by atoms with E-state index in [-0.39, 0.29) is 0 Å². The molecule has 0 rings (SSSR count). The average Bonchev–Trinajstić information content (AvgIpc) is 2.50. The molecule has 0 atom stereocenters. The Kier molecular flexibility index (Phi) is 16.2. The van der Waals surface area contributed by atoms with Crippen molar-refractivity contribution in [3.8, 4) is 0 Å². The molecular weight excluding hydrogens is 272 g/mol. The molecular formula is C20H32O2. The highest BCUT2D eigenvalue weighted by Crippen LogP contribution is 2.10. The molecule has 1 N–H and O–H groups in total. The van der Waals surface area contributed by atoms with E-state index in [2.05, 4.69) is 19.1 Å². The molecule has 2 heteroatoms. The Hall–Kier alpha value is -1.57. The van der Waals surface area contributed by atoms with E-state index in [9.17, 15) is 4.79 Å². The summed E-state index contributed by atoms with van der Waals surface area (Å²) < 4.78 is 0. The fourth-order valence-corrected chi connectivity index (χ4v) is 2.14. The fraction of sp³-hybridized carbons (Fsp3) is 0.550. The minimum absolute atomic E-state index is 0.922. The van der Waals surface area contributed by atoms with Crippen molar-refractivity contribution in [1.29, 1.82) is 0 Å². The summed E-state index contributed by atoms with van der Waals surface area (Å²) in [6.45, 7) is 2.26. The van der Waals surface area contributed by atoms with Crippen molar-refractivity contribution >= 4 is 5.97 Å². The number of aliphatic carboxylic acids is 1. The highest BCUT2D eigenvalue weighted by Gasteiger charge is 1.90. The Morgan fingerprint density at radius 3 is 1.82 bits per heavy atom.